The van der Waals surface area contributed by atoms with Crippen LogP contribution in [0.5, 0.6) is 0 Å². The minimum Gasteiger partial charge on any atom is -0.344 e. The zero-order chi connectivity index (χ0) is 19.7. The molecule has 0 aliphatic carbocycles. The Morgan fingerprint density at radius 3 is 2.41 bits per heavy atom. The van der Waals surface area contributed by atoms with Gasteiger partial charge in [0, 0.05) is 23.8 Å². The van der Waals surface area contributed by atoms with E-state index in [1.165, 1.54) is 25.1 Å². The average molecular weight is 405 g/mol. The highest BCUT2D eigenvalue weighted by Crippen LogP contribution is 2.33. The molecule has 0 fully saturated rings. The summed E-state index contributed by atoms with van der Waals surface area (Å²) in [7, 11) is 0. The lowest BCUT2D eigenvalue weighted by molar-refractivity contribution is -0.137. The highest BCUT2D eigenvalue weighted by molar-refractivity contribution is 5.92. The van der Waals surface area contributed by atoms with Crippen LogP contribution in [0.3, 0.4) is 0 Å². The molecule has 3 N–H and O–H groups in total. The third-order valence-electron chi connectivity index (χ3n) is 3.72. The average Bonchev–Trinajstić information content (AvgIpc) is 2.53. The van der Waals surface area contributed by atoms with Gasteiger partial charge in [0.1, 0.15) is 0 Å². The number of alkyl halides is 3. The van der Waals surface area contributed by atoms with E-state index < -0.39 is 34.3 Å². The van der Waals surface area contributed by atoms with Gasteiger partial charge in [0.15, 0.2) is 5.69 Å². The minimum atomic E-state index is -4.61. The summed E-state index contributed by atoms with van der Waals surface area (Å²) in [5, 5.41) is 6.43. The smallest absolute Gasteiger partial charge is 0.344 e. The fourth-order valence-corrected chi connectivity index (χ4v) is 2.26. The van der Waals surface area contributed by atoms with Gasteiger partial charge < -0.3 is 11.1 Å². The third kappa shape index (κ3) is 5.08. The van der Waals surface area contributed by atoms with Gasteiger partial charge in [-0.3, -0.25) is 9.59 Å². The minimum absolute atomic E-state index is 0. The highest BCUT2D eigenvalue weighted by Gasteiger charge is 2.34. The van der Waals surface area contributed by atoms with E-state index in [1.54, 1.807) is 13.8 Å². The van der Waals surface area contributed by atoms with E-state index in [4.69, 9.17) is 5.73 Å². The number of carbonyl (C=O) groups is 1. The number of rotatable bonds is 4. The van der Waals surface area contributed by atoms with Crippen molar-refractivity contribution in [3.8, 4) is 5.69 Å². The lowest BCUT2D eigenvalue weighted by Crippen LogP contribution is -2.50. The topological polar surface area (TPSA) is 90.0 Å². The molecule has 0 bridgehead atoms. The van der Waals surface area contributed by atoms with E-state index in [0.29, 0.717) is 0 Å². The van der Waals surface area contributed by atoms with E-state index >= 15 is 0 Å². The number of nitrogens with two attached hydrogens (primary N) is 1. The molecule has 27 heavy (non-hydrogen) atoms. The molecule has 10 heteroatoms. The molecule has 0 saturated carbocycles. The number of hydrogen-bond donors (Lipinski definition) is 2. The van der Waals surface area contributed by atoms with Crippen LogP contribution < -0.4 is 16.5 Å². The van der Waals surface area contributed by atoms with Gasteiger partial charge in [-0.15, -0.1) is 12.4 Å². The second-order valence-electron chi connectivity index (χ2n) is 6.47. The van der Waals surface area contributed by atoms with Crippen LogP contribution in [0.4, 0.5) is 13.2 Å². The van der Waals surface area contributed by atoms with Crippen molar-refractivity contribution in [3.05, 3.63) is 57.5 Å². The van der Waals surface area contributed by atoms with Crippen molar-refractivity contribution in [2.75, 3.05) is 6.54 Å². The molecule has 6 nitrogen and oxygen atoms in total. The van der Waals surface area contributed by atoms with E-state index in [2.05, 4.69) is 10.4 Å². The molecule has 0 radical (unpaired) electrons. The molecule has 0 spiro atoms. The summed E-state index contributed by atoms with van der Waals surface area (Å²) >= 11 is 0. The third-order valence-corrected chi connectivity index (χ3v) is 3.72. The van der Waals surface area contributed by atoms with Crippen molar-refractivity contribution in [3.63, 3.8) is 0 Å². The molecule has 1 heterocycles. The van der Waals surface area contributed by atoms with Crippen molar-refractivity contribution in [1.29, 1.82) is 0 Å². The predicted octanol–water partition coefficient (Wildman–Crippen LogP) is 2.45. The van der Waals surface area contributed by atoms with E-state index in [9.17, 15) is 22.8 Å². The number of aryl methyl sites for hydroxylation is 1. The van der Waals surface area contributed by atoms with Gasteiger partial charge in [-0.05, 0) is 32.9 Å². The van der Waals surface area contributed by atoms with Crippen LogP contribution in [0.2, 0.25) is 0 Å². The largest absolute Gasteiger partial charge is 0.418 e. The van der Waals surface area contributed by atoms with Crippen molar-refractivity contribution in [2.24, 2.45) is 5.73 Å². The number of nitrogens with one attached hydrogen (secondary N) is 1. The Hall–Kier alpha value is -2.39. The highest BCUT2D eigenvalue weighted by atomic mass is 35.5. The van der Waals surface area contributed by atoms with Gasteiger partial charge in [-0.2, -0.15) is 18.3 Å². The Bertz CT molecular complexity index is 894. The first-order valence-corrected chi connectivity index (χ1v) is 7.76. The molecule has 1 aromatic heterocycles. The maximum Gasteiger partial charge on any atom is 0.418 e. The second kappa shape index (κ2) is 8.10. The molecule has 1 amide bonds. The Morgan fingerprint density at radius 1 is 1.26 bits per heavy atom. The molecule has 0 aliphatic heterocycles. The lowest BCUT2D eigenvalue weighted by Gasteiger charge is -2.24. The molecule has 0 aliphatic rings. The van der Waals surface area contributed by atoms with Crippen molar-refractivity contribution in [2.45, 2.75) is 32.5 Å². The summed E-state index contributed by atoms with van der Waals surface area (Å²) in [6.07, 6.45) is -4.61. The first-order valence-electron chi connectivity index (χ1n) is 7.76. The summed E-state index contributed by atoms with van der Waals surface area (Å²) < 4.78 is 40.8. The van der Waals surface area contributed by atoms with Crippen molar-refractivity contribution >= 4 is 18.3 Å². The van der Waals surface area contributed by atoms with Crippen LogP contribution >= 0.6 is 12.4 Å². The quantitative estimate of drug-likeness (QED) is 0.819. The summed E-state index contributed by atoms with van der Waals surface area (Å²) in [5.41, 5.74) is 2.52. The van der Waals surface area contributed by atoms with Gasteiger partial charge >= 0.3 is 6.18 Å². The van der Waals surface area contributed by atoms with E-state index in [-0.39, 0.29) is 30.3 Å². The number of halogens is 4. The fraction of sp³-hybridized carbons (Fsp3) is 0.353. The zero-order valence-electron chi connectivity index (χ0n) is 14.9. The van der Waals surface area contributed by atoms with Crippen molar-refractivity contribution in [1.82, 2.24) is 15.1 Å². The van der Waals surface area contributed by atoms with Crippen LogP contribution in [0, 0.1) is 6.92 Å². The van der Waals surface area contributed by atoms with Gasteiger partial charge in [-0.25, -0.2) is 4.68 Å². The summed E-state index contributed by atoms with van der Waals surface area (Å²) in [5.74, 6) is -0.802. The first kappa shape index (κ1) is 22.7. The van der Waals surface area contributed by atoms with Crippen LogP contribution in [-0.2, 0) is 6.18 Å². The number of nitrogens with zero attached hydrogens (tertiary/aromatic N) is 2. The summed E-state index contributed by atoms with van der Waals surface area (Å²) in [6, 6.07) is 5.87. The van der Waals surface area contributed by atoms with Gasteiger partial charge in [0.25, 0.3) is 5.91 Å². The van der Waals surface area contributed by atoms with Crippen LogP contribution in [-0.4, -0.2) is 27.8 Å². The number of aromatic nitrogens is 2. The van der Waals surface area contributed by atoms with Crippen molar-refractivity contribution < 1.29 is 18.0 Å². The van der Waals surface area contributed by atoms with E-state index in [0.717, 1.165) is 16.8 Å². The van der Waals surface area contributed by atoms with Gasteiger partial charge in [0.2, 0.25) is 5.43 Å². The first-order chi connectivity index (χ1) is 12.0. The lowest BCUT2D eigenvalue weighted by atomic mass is 10.1. The monoisotopic (exact) mass is 404 g/mol. The maximum absolute atomic E-state index is 13.3. The van der Waals surface area contributed by atoms with E-state index in [1.807, 2.05) is 0 Å². The molecular weight excluding hydrogens is 385 g/mol. The number of amides is 1. The zero-order valence-corrected chi connectivity index (χ0v) is 15.7. The van der Waals surface area contributed by atoms with Crippen LogP contribution in [0.25, 0.3) is 5.69 Å². The molecule has 2 rings (SSSR count). The molecule has 2 aromatic rings. The molecule has 1 aromatic carbocycles. The summed E-state index contributed by atoms with van der Waals surface area (Å²) in [4.78, 5) is 24.5. The molecular formula is C17H20ClF3N4O2. The molecule has 0 saturated heterocycles. The standard InChI is InChI=1S/C17H19F3N4O2.ClH/c1-10-8-13(25)14(15(26)22-16(2,3)9-21)23-24(10)12-7-5-4-6-11(12)17(18,19)20;/h4-8H,9,21H2,1-3H3,(H,22,26);1H. The molecule has 148 valence electrons. The normalized spacial score (nSPS) is 11.7. The van der Waals surface area contributed by atoms with Crippen LogP contribution in [0.1, 0.15) is 35.6 Å². The maximum atomic E-state index is 13.3. The number of benzene rings is 1. The predicted molar refractivity (Wildman–Crippen MR) is 97.4 cm³/mol. The Labute approximate surface area is 160 Å². The molecule has 0 unspecified atom stereocenters. The number of para-hydroxylation sites is 1. The summed E-state index contributed by atoms with van der Waals surface area (Å²) in [6.45, 7) is 4.84. The Morgan fingerprint density at radius 2 is 1.85 bits per heavy atom. The Balaban J connectivity index is 0.00000364. The second-order valence-corrected chi connectivity index (χ2v) is 6.47. The number of carbonyl (C=O) groups excluding carboxylic acids is 1. The number of hydrogen-bond acceptors (Lipinski definition) is 4. The molecule has 0 atom stereocenters. The van der Waals surface area contributed by atoms with Gasteiger partial charge in [0.05, 0.1) is 11.3 Å². The Kier molecular flexibility index (Phi) is 6.79. The van der Waals surface area contributed by atoms with Crippen LogP contribution in [0.15, 0.2) is 35.1 Å². The fourth-order valence-electron chi connectivity index (χ4n) is 2.26. The van der Waals surface area contributed by atoms with Gasteiger partial charge in [-0.1, -0.05) is 12.1 Å². The SMILES string of the molecule is Cc1cc(=O)c(C(=O)NC(C)(C)CN)nn1-c1ccccc1C(F)(F)F.Cl.